The molecular formula is C14H20ClNOS. The van der Waals surface area contributed by atoms with Crippen molar-refractivity contribution in [2.75, 3.05) is 6.61 Å². The predicted molar refractivity (Wildman–Crippen MR) is 81.6 cm³/mol. The normalized spacial score (nSPS) is 12.2. The van der Waals surface area contributed by atoms with Gasteiger partial charge in [0.1, 0.15) is 5.75 Å². The van der Waals surface area contributed by atoms with Gasteiger partial charge in [0.15, 0.2) is 0 Å². The zero-order valence-corrected chi connectivity index (χ0v) is 12.7. The van der Waals surface area contributed by atoms with Crippen molar-refractivity contribution in [2.45, 2.75) is 33.6 Å². The van der Waals surface area contributed by atoms with Gasteiger partial charge in [-0.2, -0.15) is 0 Å². The van der Waals surface area contributed by atoms with Crippen molar-refractivity contribution in [2.24, 2.45) is 11.7 Å². The summed E-state index contributed by atoms with van der Waals surface area (Å²) in [4.78, 5) is 0.521. The van der Waals surface area contributed by atoms with Crippen molar-refractivity contribution in [1.82, 2.24) is 0 Å². The summed E-state index contributed by atoms with van der Waals surface area (Å²) in [6, 6.07) is 3.94. The van der Waals surface area contributed by atoms with Crippen molar-refractivity contribution in [3.8, 4) is 5.75 Å². The predicted octanol–water partition coefficient (Wildman–Crippen LogP) is 3.90. The lowest BCUT2D eigenvalue weighted by Gasteiger charge is -2.16. The third-order valence-corrected chi connectivity index (χ3v) is 3.62. The Balaban J connectivity index is 2.99. The highest BCUT2D eigenvalue weighted by Crippen LogP contribution is 2.29. The average molecular weight is 286 g/mol. The lowest BCUT2D eigenvalue weighted by Crippen LogP contribution is -2.20. The molecular weight excluding hydrogens is 266 g/mol. The van der Waals surface area contributed by atoms with Gasteiger partial charge in [0, 0.05) is 10.9 Å². The Morgan fingerprint density at radius 1 is 1.50 bits per heavy atom. The van der Waals surface area contributed by atoms with Gasteiger partial charge in [-0.25, -0.2) is 0 Å². The number of aryl methyl sites for hydroxylation is 1. The fourth-order valence-corrected chi connectivity index (χ4v) is 1.90. The van der Waals surface area contributed by atoms with E-state index >= 15 is 0 Å². The summed E-state index contributed by atoms with van der Waals surface area (Å²) < 4.78 is 5.76. The number of rotatable bonds is 6. The van der Waals surface area contributed by atoms with E-state index in [0.717, 1.165) is 34.7 Å². The lowest BCUT2D eigenvalue weighted by atomic mass is 9.99. The Labute approximate surface area is 119 Å². The molecule has 2 nitrogen and oxygen atoms in total. The first-order chi connectivity index (χ1) is 8.45. The van der Waals surface area contributed by atoms with E-state index in [4.69, 9.17) is 34.3 Å². The molecule has 0 heterocycles. The van der Waals surface area contributed by atoms with Crippen LogP contribution in [0.3, 0.4) is 0 Å². The Hall–Kier alpha value is -0.800. The van der Waals surface area contributed by atoms with E-state index in [9.17, 15) is 0 Å². The van der Waals surface area contributed by atoms with E-state index in [0.29, 0.717) is 11.6 Å². The van der Waals surface area contributed by atoms with E-state index in [-0.39, 0.29) is 5.92 Å². The molecule has 0 saturated heterocycles. The second kappa shape index (κ2) is 6.95. The molecule has 0 aromatic heterocycles. The van der Waals surface area contributed by atoms with Gasteiger partial charge in [0.05, 0.1) is 11.6 Å². The van der Waals surface area contributed by atoms with Crippen LogP contribution in [0.15, 0.2) is 12.1 Å². The van der Waals surface area contributed by atoms with E-state index in [1.165, 1.54) is 0 Å². The second-order valence-electron chi connectivity index (χ2n) is 4.57. The molecule has 0 aliphatic carbocycles. The number of benzene rings is 1. The molecule has 1 aromatic carbocycles. The van der Waals surface area contributed by atoms with Crippen LogP contribution in [-0.4, -0.2) is 11.6 Å². The quantitative estimate of drug-likeness (QED) is 0.805. The standard InChI is InChI=1S/C14H20ClNOS/c1-4-5-17-13-7-9(2)12(15)8-11(13)6-10(3)14(16)18/h7-8,10H,4-6H2,1-3H3,(H2,16,18). The summed E-state index contributed by atoms with van der Waals surface area (Å²) in [5.41, 5.74) is 7.75. The zero-order valence-electron chi connectivity index (χ0n) is 11.1. The Bertz CT molecular complexity index is 434. The summed E-state index contributed by atoms with van der Waals surface area (Å²) in [7, 11) is 0. The third-order valence-electron chi connectivity index (χ3n) is 2.82. The minimum absolute atomic E-state index is 0.141. The fraction of sp³-hybridized carbons (Fsp3) is 0.500. The number of thiocarbonyl (C=S) groups is 1. The summed E-state index contributed by atoms with van der Waals surface area (Å²) in [6.45, 7) is 6.78. The van der Waals surface area contributed by atoms with Crippen LogP contribution >= 0.6 is 23.8 Å². The SMILES string of the molecule is CCCOc1cc(C)c(Cl)cc1CC(C)C(N)=S. The largest absolute Gasteiger partial charge is 0.493 e. The number of nitrogens with two attached hydrogens (primary N) is 1. The summed E-state index contributed by atoms with van der Waals surface area (Å²) >= 11 is 11.2. The summed E-state index contributed by atoms with van der Waals surface area (Å²) in [6.07, 6.45) is 1.74. The first-order valence-corrected chi connectivity index (χ1v) is 6.95. The van der Waals surface area contributed by atoms with Gasteiger partial charge in [-0.15, -0.1) is 0 Å². The van der Waals surface area contributed by atoms with Crippen molar-refractivity contribution in [3.05, 3.63) is 28.3 Å². The van der Waals surface area contributed by atoms with Crippen molar-refractivity contribution >= 4 is 28.8 Å². The molecule has 1 aromatic rings. The van der Waals surface area contributed by atoms with E-state index in [1.54, 1.807) is 0 Å². The molecule has 4 heteroatoms. The molecule has 100 valence electrons. The van der Waals surface area contributed by atoms with Crippen LogP contribution in [0.2, 0.25) is 5.02 Å². The first-order valence-electron chi connectivity index (χ1n) is 6.16. The van der Waals surface area contributed by atoms with E-state index in [1.807, 2.05) is 26.0 Å². The molecule has 2 N–H and O–H groups in total. The molecule has 18 heavy (non-hydrogen) atoms. The van der Waals surface area contributed by atoms with Gasteiger partial charge in [0.25, 0.3) is 0 Å². The molecule has 0 aliphatic heterocycles. The van der Waals surface area contributed by atoms with E-state index < -0.39 is 0 Å². The van der Waals surface area contributed by atoms with Gasteiger partial charge in [-0.3, -0.25) is 0 Å². The second-order valence-corrected chi connectivity index (χ2v) is 5.44. The first kappa shape index (κ1) is 15.3. The maximum Gasteiger partial charge on any atom is 0.122 e. The molecule has 1 atom stereocenters. The smallest absolute Gasteiger partial charge is 0.122 e. The molecule has 0 radical (unpaired) electrons. The highest BCUT2D eigenvalue weighted by Gasteiger charge is 2.13. The van der Waals surface area contributed by atoms with Crippen molar-refractivity contribution in [3.63, 3.8) is 0 Å². The van der Waals surface area contributed by atoms with Crippen LogP contribution < -0.4 is 10.5 Å². The minimum atomic E-state index is 0.141. The van der Waals surface area contributed by atoms with Gasteiger partial charge in [-0.1, -0.05) is 37.7 Å². The highest BCUT2D eigenvalue weighted by molar-refractivity contribution is 7.80. The maximum absolute atomic E-state index is 6.16. The molecule has 0 spiro atoms. The number of ether oxygens (including phenoxy) is 1. The van der Waals surface area contributed by atoms with E-state index in [2.05, 4.69) is 6.92 Å². The van der Waals surface area contributed by atoms with Crippen molar-refractivity contribution in [1.29, 1.82) is 0 Å². The average Bonchev–Trinajstić information content (AvgIpc) is 2.31. The lowest BCUT2D eigenvalue weighted by molar-refractivity contribution is 0.313. The van der Waals surface area contributed by atoms with Crippen molar-refractivity contribution < 1.29 is 4.74 Å². The number of halogens is 1. The van der Waals surface area contributed by atoms with Gasteiger partial charge in [0.2, 0.25) is 0 Å². The number of hydrogen-bond donors (Lipinski definition) is 1. The monoisotopic (exact) mass is 285 g/mol. The zero-order chi connectivity index (χ0) is 13.7. The van der Waals surface area contributed by atoms with Gasteiger partial charge < -0.3 is 10.5 Å². The minimum Gasteiger partial charge on any atom is -0.493 e. The molecule has 1 rings (SSSR count). The molecule has 0 amide bonds. The third kappa shape index (κ3) is 4.14. The summed E-state index contributed by atoms with van der Waals surface area (Å²) in [5.74, 6) is 1.03. The Kier molecular flexibility index (Phi) is 5.89. The molecule has 0 aliphatic rings. The van der Waals surface area contributed by atoms with Crippen LogP contribution in [0, 0.1) is 12.8 Å². The molecule has 0 fully saturated rings. The van der Waals surface area contributed by atoms with Crippen LogP contribution in [0.5, 0.6) is 5.75 Å². The Morgan fingerprint density at radius 2 is 2.17 bits per heavy atom. The highest BCUT2D eigenvalue weighted by atomic mass is 35.5. The molecule has 0 saturated carbocycles. The van der Waals surface area contributed by atoms with Crippen LogP contribution in [0.25, 0.3) is 0 Å². The molecule has 0 bridgehead atoms. The van der Waals surface area contributed by atoms with Crippen LogP contribution in [-0.2, 0) is 6.42 Å². The van der Waals surface area contributed by atoms with Crippen LogP contribution in [0.4, 0.5) is 0 Å². The summed E-state index contributed by atoms with van der Waals surface area (Å²) in [5, 5.41) is 0.754. The molecule has 1 unspecified atom stereocenters. The number of hydrogen-bond acceptors (Lipinski definition) is 2. The van der Waals surface area contributed by atoms with Gasteiger partial charge >= 0.3 is 0 Å². The topological polar surface area (TPSA) is 35.2 Å². The van der Waals surface area contributed by atoms with Crippen LogP contribution in [0.1, 0.15) is 31.4 Å². The van der Waals surface area contributed by atoms with Gasteiger partial charge in [-0.05, 0) is 43.0 Å². The Morgan fingerprint density at radius 3 is 2.72 bits per heavy atom. The fourth-order valence-electron chi connectivity index (χ4n) is 1.63. The maximum atomic E-state index is 6.16.